The van der Waals surface area contributed by atoms with Gasteiger partial charge in [-0.3, -0.25) is 0 Å². The second kappa shape index (κ2) is 8.89. The Morgan fingerprint density at radius 3 is 2.52 bits per heavy atom. The van der Waals surface area contributed by atoms with Crippen LogP contribution in [0.1, 0.15) is 39.2 Å². The average Bonchev–Trinajstić information content (AvgIpc) is 3.21. The normalized spacial score (nSPS) is 32.3. The largest absolute Gasteiger partial charge is 0.493 e. The van der Waals surface area contributed by atoms with Gasteiger partial charge in [0.15, 0.2) is 0 Å². The van der Waals surface area contributed by atoms with Gasteiger partial charge in [-0.2, -0.15) is 16.8 Å². The topological polar surface area (TPSA) is 67.9 Å². The maximum absolute atomic E-state index is 12.3. The lowest BCUT2D eigenvalue weighted by Crippen LogP contribution is -2.32. The van der Waals surface area contributed by atoms with Crippen LogP contribution in [0, 0.1) is 23.7 Å². The van der Waals surface area contributed by atoms with Crippen LogP contribution in [0.4, 0.5) is 4.79 Å². The summed E-state index contributed by atoms with van der Waals surface area (Å²) in [7, 11) is 0. The highest BCUT2D eigenvalue weighted by Crippen LogP contribution is 2.52. The minimum Gasteiger partial charge on any atom is -0.493 e. The zero-order valence-electron chi connectivity index (χ0n) is 19.1. The second-order valence-corrected chi connectivity index (χ2v) is 10.9. The number of allylic oxidation sites excluding steroid dienone is 1. The summed E-state index contributed by atoms with van der Waals surface area (Å²) in [4.78, 5) is 18.1. The van der Waals surface area contributed by atoms with Gasteiger partial charge in [0.1, 0.15) is 11.6 Å². The molecule has 6 heteroatoms. The lowest BCUT2D eigenvalue weighted by molar-refractivity contribution is 0.203. The Balaban J connectivity index is 1.25. The van der Waals surface area contributed by atoms with Crippen LogP contribution < -0.4 is 10.5 Å². The summed E-state index contributed by atoms with van der Waals surface area (Å²) in [6.07, 6.45) is 9.34. The van der Waals surface area contributed by atoms with Gasteiger partial charge in [0, 0.05) is 35.6 Å². The highest BCUT2D eigenvalue weighted by molar-refractivity contribution is 7.99. The summed E-state index contributed by atoms with van der Waals surface area (Å²) in [6, 6.07) is 8.44. The fourth-order valence-electron chi connectivity index (χ4n) is 4.87. The molecule has 2 fully saturated rings. The lowest BCUT2D eigenvalue weighted by Gasteiger charge is -2.32. The number of hydrogen-bond acceptors (Lipinski definition) is 3. The van der Waals surface area contributed by atoms with Crippen molar-refractivity contribution >= 4 is 23.6 Å². The summed E-state index contributed by atoms with van der Waals surface area (Å²) in [5.41, 5.74) is 7.30. The highest BCUT2D eigenvalue weighted by Gasteiger charge is 2.56. The number of ether oxygens (including phenoxy) is 1. The Morgan fingerprint density at radius 2 is 1.97 bits per heavy atom. The summed E-state index contributed by atoms with van der Waals surface area (Å²) < 4.78 is 6.10. The number of urea groups is 1. The maximum Gasteiger partial charge on any atom is 0.345 e. The van der Waals surface area contributed by atoms with Gasteiger partial charge in [-0.1, -0.05) is 45.1 Å². The van der Waals surface area contributed by atoms with E-state index in [2.05, 4.69) is 54.6 Å². The van der Waals surface area contributed by atoms with Crippen molar-refractivity contribution in [1.29, 1.82) is 0 Å². The molecule has 0 radical (unpaired) electrons. The molecule has 1 saturated carbocycles. The van der Waals surface area contributed by atoms with Crippen LogP contribution in [-0.4, -0.2) is 48.0 Å². The molecule has 3 unspecified atom stereocenters. The molecule has 1 aliphatic heterocycles. The first-order chi connectivity index (χ1) is 14.8. The van der Waals surface area contributed by atoms with Crippen molar-refractivity contribution in [2.45, 2.75) is 44.3 Å². The van der Waals surface area contributed by atoms with Crippen LogP contribution in [0.5, 0.6) is 5.75 Å². The number of hydrogen-bond donors (Lipinski definition) is 1. The van der Waals surface area contributed by atoms with Gasteiger partial charge in [-0.05, 0) is 48.6 Å². The van der Waals surface area contributed by atoms with Gasteiger partial charge in [-0.25, -0.2) is 4.79 Å². The number of aliphatic imine (C=N–C) groups is 1. The molecule has 2 N–H and O–H groups in total. The summed E-state index contributed by atoms with van der Waals surface area (Å²) in [5.74, 6) is 3.05. The Kier molecular flexibility index (Phi) is 6.38. The van der Waals surface area contributed by atoms with Crippen molar-refractivity contribution in [3.63, 3.8) is 0 Å². The lowest BCUT2D eigenvalue weighted by atomic mass is 9.75. The molecule has 1 aromatic rings. The number of amidine groups is 1. The number of thioether (sulfide) groups is 1. The minimum atomic E-state index is -0.192. The molecule has 5 nitrogen and oxygen atoms in total. The van der Waals surface area contributed by atoms with Crippen molar-refractivity contribution in [1.82, 2.24) is 4.90 Å². The predicted molar refractivity (Wildman–Crippen MR) is 129 cm³/mol. The zero-order valence-corrected chi connectivity index (χ0v) is 19.9. The van der Waals surface area contributed by atoms with E-state index < -0.39 is 0 Å². The van der Waals surface area contributed by atoms with Crippen LogP contribution in [0.25, 0.3) is 0 Å². The summed E-state index contributed by atoms with van der Waals surface area (Å²) in [6.45, 7) is 8.48. The first kappa shape index (κ1) is 22.3. The van der Waals surface area contributed by atoms with Gasteiger partial charge in [0.25, 0.3) is 0 Å². The number of piperidine rings is 1. The quantitative estimate of drug-likeness (QED) is 0.394. The molecule has 3 aliphatic rings. The summed E-state index contributed by atoms with van der Waals surface area (Å²) >= 11 is 1.93. The number of likely N-dealkylation sites (tertiary alicyclic amines) is 1. The second-order valence-electron chi connectivity index (χ2n) is 9.80. The first-order valence-electron chi connectivity index (χ1n) is 11.4. The van der Waals surface area contributed by atoms with E-state index in [-0.39, 0.29) is 17.4 Å². The third-order valence-electron chi connectivity index (χ3n) is 7.34. The van der Waals surface area contributed by atoms with E-state index in [0.29, 0.717) is 28.8 Å². The van der Waals surface area contributed by atoms with E-state index in [1.54, 1.807) is 0 Å². The molecule has 31 heavy (non-hydrogen) atoms. The minimum absolute atomic E-state index is 0.0950. The Morgan fingerprint density at radius 1 is 1.29 bits per heavy atom. The van der Waals surface area contributed by atoms with Gasteiger partial charge in [0.05, 0.1) is 6.61 Å². The molecule has 1 heterocycles. The van der Waals surface area contributed by atoms with Crippen molar-refractivity contribution in [3.8, 4) is 5.75 Å². The van der Waals surface area contributed by atoms with Crippen LogP contribution in [0.15, 0.2) is 41.4 Å². The molecule has 0 bridgehead atoms. The van der Waals surface area contributed by atoms with E-state index >= 15 is 0 Å². The fraction of sp³-hybridized carbons (Fsp3) is 0.600. The van der Waals surface area contributed by atoms with Gasteiger partial charge < -0.3 is 15.4 Å². The van der Waals surface area contributed by atoms with Gasteiger partial charge >= 0.3 is 6.03 Å². The third kappa shape index (κ3) is 4.79. The summed E-state index contributed by atoms with van der Waals surface area (Å²) in [5, 5.41) is 0.652. The molecule has 1 aromatic carbocycles. The predicted octanol–water partition coefficient (Wildman–Crippen LogP) is 4.72. The molecule has 2 aliphatic carbocycles. The Labute approximate surface area is 190 Å². The van der Waals surface area contributed by atoms with E-state index in [1.807, 2.05) is 30.5 Å². The molecule has 4 rings (SSSR count). The van der Waals surface area contributed by atoms with Crippen molar-refractivity contribution in [2.24, 2.45) is 34.4 Å². The first-order valence-corrected chi connectivity index (χ1v) is 12.7. The monoisotopic (exact) mass is 441 g/mol. The highest BCUT2D eigenvalue weighted by atomic mass is 32.2. The molecular weight excluding hydrogens is 406 g/mol. The number of benzene rings is 1. The fourth-order valence-corrected chi connectivity index (χ4v) is 5.46. The van der Waals surface area contributed by atoms with Crippen LogP contribution >= 0.6 is 11.8 Å². The van der Waals surface area contributed by atoms with E-state index in [9.17, 15) is 4.79 Å². The molecule has 168 valence electrons. The van der Waals surface area contributed by atoms with Crippen LogP contribution in [-0.2, 0) is 5.41 Å². The number of rotatable bonds is 6. The smallest absolute Gasteiger partial charge is 0.345 e. The molecule has 0 aromatic heterocycles. The number of carbonyl (C=O) groups is 1. The maximum atomic E-state index is 12.3. The molecular formula is C25H35N3O2S. The number of fused-ring (bicyclic) bond motifs is 1. The third-order valence-corrected chi connectivity index (χ3v) is 8.34. The molecule has 1 saturated heterocycles. The molecule has 4 atom stereocenters. The molecule has 0 spiro atoms. The van der Waals surface area contributed by atoms with E-state index in [4.69, 9.17) is 10.5 Å². The van der Waals surface area contributed by atoms with Crippen molar-refractivity contribution in [2.75, 3.05) is 26.0 Å². The molecule has 2 amide bonds. The van der Waals surface area contributed by atoms with Crippen molar-refractivity contribution in [3.05, 3.63) is 42.0 Å². The number of nitrogens with two attached hydrogens (primary N) is 1. The number of amides is 2. The van der Waals surface area contributed by atoms with Crippen LogP contribution in [0.3, 0.4) is 0 Å². The number of carbonyl (C=O) groups excluding carboxylic acids is 1. The van der Waals surface area contributed by atoms with E-state index in [0.717, 1.165) is 25.4 Å². The van der Waals surface area contributed by atoms with Gasteiger partial charge in [0.2, 0.25) is 0 Å². The van der Waals surface area contributed by atoms with Crippen LogP contribution in [0.2, 0.25) is 0 Å². The number of nitrogens with zero attached hydrogens (tertiary/aromatic N) is 2. The Bertz CT molecular complexity index is 854. The Hall–Kier alpha value is -1.95. The zero-order chi connectivity index (χ0) is 22.2. The SMILES string of the molecule is CSC1C=C[C@](C)(c2ccc(OCC3C4CN(C(=O)/N=C(\N)C(C)C)CC34)cc2)CC1. The van der Waals surface area contributed by atoms with Gasteiger partial charge in [-0.15, -0.1) is 0 Å². The standard InChI is InChI=1S/C25H35N3O2S/c1-16(2)23(26)27-24(29)28-13-20-21(14-28)22(20)15-30-18-7-5-17(6-8-18)25(3)11-9-19(31-4)10-12-25/h5-9,11,16,19-22H,10,12-15H2,1-4H3,(H2,26,27,29)/t19?,20?,21?,22?,25-/m0/s1. The average molecular weight is 442 g/mol. The van der Waals surface area contributed by atoms with Crippen molar-refractivity contribution < 1.29 is 9.53 Å². The van der Waals surface area contributed by atoms with E-state index in [1.165, 1.54) is 18.4 Å².